The van der Waals surface area contributed by atoms with Crippen LogP contribution in [0.2, 0.25) is 0 Å². The van der Waals surface area contributed by atoms with Crippen molar-refractivity contribution in [3.8, 4) is 0 Å². The highest BCUT2D eigenvalue weighted by molar-refractivity contribution is 7.99. The van der Waals surface area contributed by atoms with Gasteiger partial charge in [-0.05, 0) is 12.8 Å². The van der Waals surface area contributed by atoms with E-state index >= 15 is 0 Å². The van der Waals surface area contributed by atoms with E-state index in [9.17, 15) is 4.79 Å². The fourth-order valence-corrected chi connectivity index (χ4v) is 4.04. The fraction of sp³-hybridized carbons (Fsp3) is 0.800. The monoisotopic (exact) mass is 395 g/mol. The van der Waals surface area contributed by atoms with Crippen LogP contribution in [0.15, 0.2) is 0 Å². The lowest BCUT2D eigenvalue weighted by molar-refractivity contribution is -0.121. The fourth-order valence-electron chi connectivity index (χ4n) is 3.09. The summed E-state index contributed by atoms with van der Waals surface area (Å²) in [6.07, 6.45) is 6.06. The van der Waals surface area contributed by atoms with Crippen molar-refractivity contribution in [1.82, 2.24) is 25.4 Å². The number of thioether (sulfide) groups is 1. The number of halogens is 2. The number of aromatic nitrogens is 3. The summed E-state index contributed by atoms with van der Waals surface area (Å²) in [6.45, 7) is 2.68. The smallest absolute Gasteiger partial charge is 0.221 e. The van der Waals surface area contributed by atoms with Gasteiger partial charge in [-0.2, -0.15) is 11.8 Å². The van der Waals surface area contributed by atoms with Crippen LogP contribution in [-0.2, 0) is 24.2 Å². The maximum Gasteiger partial charge on any atom is 0.221 e. The summed E-state index contributed by atoms with van der Waals surface area (Å²) in [5.74, 6) is 4.45. The first-order chi connectivity index (χ1) is 10.8. The van der Waals surface area contributed by atoms with E-state index < -0.39 is 0 Å². The molecule has 1 unspecified atom stereocenters. The molecule has 1 saturated heterocycles. The van der Waals surface area contributed by atoms with Crippen molar-refractivity contribution in [1.29, 1.82) is 0 Å². The van der Waals surface area contributed by atoms with E-state index in [1.165, 1.54) is 19.3 Å². The number of carbonyl (C=O) groups is 1. The molecule has 0 aliphatic carbocycles. The van der Waals surface area contributed by atoms with Gasteiger partial charge in [-0.15, -0.1) is 35.0 Å². The first-order valence-electron chi connectivity index (χ1n) is 8.32. The molecule has 0 spiro atoms. The molecule has 2 N–H and O–H groups in total. The van der Waals surface area contributed by atoms with E-state index in [1.54, 1.807) is 0 Å². The number of carbonyl (C=O) groups excluding carboxylic acids is 1. The van der Waals surface area contributed by atoms with E-state index in [2.05, 4.69) is 25.4 Å². The van der Waals surface area contributed by atoms with E-state index in [0.29, 0.717) is 19.0 Å². The Bertz CT molecular complexity index is 508. The SMILES string of the molecule is Cl.Cl.O=C(CC1CSCCN1)NCCc1nnc2n1CCCCC2. The number of fused-ring (bicyclic) bond motifs is 1. The Labute approximate surface area is 160 Å². The number of rotatable bonds is 5. The second-order valence-electron chi connectivity index (χ2n) is 6.02. The normalized spacial score (nSPS) is 20.1. The van der Waals surface area contributed by atoms with Gasteiger partial charge in [0, 0.05) is 56.4 Å². The molecule has 0 radical (unpaired) electrons. The van der Waals surface area contributed by atoms with Crippen LogP contribution in [0.1, 0.15) is 37.3 Å². The zero-order valence-corrected chi connectivity index (χ0v) is 16.3. The highest BCUT2D eigenvalue weighted by Crippen LogP contribution is 2.14. The molecular formula is C15H27Cl2N5OS. The lowest BCUT2D eigenvalue weighted by Gasteiger charge is -2.22. The molecule has 1 atom stereocenters. The van der Waals surface area contributed by atoms with Crippen LogP contribution in [0.4, 0.5) is 0 Å². The van der Waals surface area contributed by atoms with Gasteiger partial charge in [0.2, 0.25) is 5.91 Å². The van der Waals surface area contributed by atoms with Gasteiger partial charge in [-0.25, -0.2) is 0 Å². The van der Waals surface area contributed by atoms with Gasteiger partial charge in [-0.3, -0.25) is 4.79 Å². The number of hydrogen-bond acceptors (Lipinski definition) is 5. The molecule has 24 heavy (non-hydrogen) atoms. The zero-order valence-electron chi connectivity index (χ0n) is 13.8. The zero-order chi connectivity index (χ0) is 15.2. The van der Waals surface area contributed by atoms with Gasteiger partial charge in [0.25, 0.3) is 0 Å². The predicted molar refractivity (Wildman–Crippen MR) is 103 cm³/mol. The topological polar surface area (TPSA) is 71.8 Å². The molecule has 3 heterocycles. The Morgan fingerprint density at radius 1 is 1.29 bits per heavy atom. The lowest BCUT2D eigenvalue weighted by Crippen LogP contribution is -2.41. The van der Waals surface area contributed by atoms with E-state index in [0.717, 1.165) is 49.1 Å². The average molecular weight is 396 g/mol. The Morgan fingerprint density at radius 3 is 2.96 bits per heavy atom. The molecule has 0 saturated carbocycles. The summed E-state index contributed by atoms with van der Waals surface area (Å²) in [5, 5.41) is 15.0. The molecule has 1 aromatic rings. The van der Waals surface area contributed by atoms with Crippen LogP contribution in [-0.4, -0.2) is 51.3 Å². The summed E-state index contributed by atoms with van der Waals surface area (Å²) < 4.78 is 2.25. The van der Waals surface area contributed by atoms with Crippen LogP contribution < -0.4 is 10.6 Å². The Balaban J connectivity index is 0.00000144. The second kappa shape index (κ2) is 11.2. The first-order valence-corrected chi connectivity index (χ1v) is 9.47. The van der Waals surface area contributed by atoms with Gasteiger partial charge in [-0.1, -0.05) is 6.42 Å². The molecule has 1 fully saturated rings. The molecule has 1 aromatic heterocycles. The van der Waals surface area contributed by atoms with E-state index in [4.69, 9.17) is 0 Å². The highest BCUT2D eigenvalue weighted by atomic mass is 35.5. The quantitative estimate of drug-likeness (QED) is 0.791. The summed E-state index contributed by atoms with van der Waals surface area (Å²) >= 11 is 1.92. The van der Waals surface area contributed by atoms with Gasteiger partial charge >= 0.3 is 0 Å². The Morgan fingerprint density at radius 2 is 2.17 bits per heavy atom. The van der Waals surface area contributed by atoms with Gasteiger partial charge < -0.3 is 15.2 Å². The summed E-state index contributed by atoms with van der Waals surface area (Å²) in [4.78, 5) is 12.0. The van der Waals surface area contributed by atoms with E-state index in [-0.39, 0.29) is 30.7 Å². The van der Waals surface area contributed by atoms with Gasteiger partial charge in [0.15, 0.2) is 0 Å². The highest BCUT2D eigenvalue weighted by Gasteiger charge is 2.17. The minimum Gasteiger partial charge on any atom is -0.356 e. The van der Waals surface area contributed by atoms with Crippen molar-refractivity contribution in [2.24, 2.45) is 0 Å². The van der Waals surface area contributed by atoms with Crippen molar-refractivity contribution in [3.05, 3.63) is 11.6 Å². The molecule has 138 valence electrons. The summed E-state index contributed by atoms with van der Waals surface area (Å²) in [5.41, 5.74) is 0. The van der Waals surface area contributed by atoms with Crippen molar-refractivity contribution < 1.29 is 4.79 Å². The molecule has 6 nitrogen and oxygen atoms in total. The van der Waals surface area contributed by atoms with Crippen molar-refractivity contribution in [2.75, 3.05) is 24.6 Å². The number of aryl methyl sites for hydroxylation is 1. The third-order valence-corrected chi connectivity index (χ3v) is 5.42. The number of hydrogen-bond donors (Lipinski definition) is 2. The lowest BCUT2D eigenvalue weighted by atomic mass is 10.2. The molecular weight excluding hydrogens is 369 g/mol. The molecule has 2 aliphatic rings. The van der Waals surface area contributed by atoms with Gasteiger partial charge in [0.05, 0.1) is 0 Å². The first kappa shape index (κ1) is 21.5. The third-order valence-electron chi connectivity index (χ3n) is 4.29. The number of nitrogens with one attached hydrogen (secondary N) is 2. The largest absolute Gasteiger partial charge is 0.356 e. The molecule has 1 amide bonds. The van der Waals surface area contributed by atoms with Crippen LogP contribution in [0.5, 0.6) is 0 Å². The summed E-state index contributed by atoms with van der Waals surface area (Å²) in [7, 11) is 0. The number of amides is 1. The van der Waals surface area contributed by atoms with Crippen molar-refractivity contribution >= 4 is 42.5 Å². The van der Waals surface area contributed by atoms with Crippen molar-refractivity contribution in [3.63, 3.8) is 0 Å². The predicted octanol–water partition coefficient (Wildman–Crippen LogP) is 1.60. The molecule has 3 rings (SSSR count). The Hall–Kier alpha value is -0.500. The maximum absolute atomic E-state index is 12.0. The van der Waals surface area contributed by atoms with E-state index in [1.807, 2.05) is 11.8 Å². The standard InChI is InChI=1S/C15H25N5OS.2ClH/c21-15(10-12-11-22-9-7-16-12)17-6-5-14-19-18-13-4-2-1-3-8-20(13)14;;/h12,16H,1-11H2,(H,17,21);2*1H. The summed E-state index contributed by atoms with van der Waals surface area (Å²) in [6, 6.07) is 0.322. The van der Waals surface area contributed by atoms with Crippen LogP contribution in [0.3, 0.4) is 0 Å². The second-order valence-corrected chi connectivity index (χ2v) is 7.17. The molecule has 0 bridgehead atoms. The Kier molecular flexibility index (Phi) is 10.0. The maximum atomic E-state index is 12.0. The molecule has 0 aromatic carbocycles. The van der Waals surface area contributed by atoms with Crippen LogP contribution >= 0.6 is 36.6 Å². The van der Waals surface area contributed by atoms with Crippen LogP contribution in [0.25, 0.3) is 0 Å². The minimum absolute atomic E-state index is 0. The third kappa shape index (κ3) is 6.10. The van der Waals surface area contributed by atoms with Crippen LogP contribution in [0, 0.1) is 0 Å². The average Bonchev–Trinajstić information content (AvgIpc) is 2.76. The molecule has 9 heteroatoms. The van der Waals surface area contributed by atoms with Gasteiger partial charge in [0.1, 0.15) is 11.6 Å². The molecule has 2 aliphatic heterocycles. The number of nitrogens with zero attached hydrogens (tertiary/aromatic N) is 3. The van der Waals surface area contributed by atoms with Crippen molar-refractivity contribution in [2.45, 2.75) is 51.1 Å². The minimum atomic E-state index is 0.